The largest absolute Gasteiger partial charge is 0.489 e. The molecule has 0 saturated carbocycles. The predicted molar refractivity (Wildman–Crippen MR) is 118 cm³/mol. The van der Waals surface area contributed by atoms with E-state index in [-0.39, 0.29) is 12.5 Å². The van der Waals surface area contributed by atoms with Crippen molar-refractivity contribution in [2.24, 2.45) is 4.99 Å². The van der Waals surface area contributed by atoms with E-state index in [4.69, 9.17) is 4.74 Å². The minimum Gasteiger partial charge on any atom is -0.489 e. The average molecular weight is 395 g/mol. The Morgan fingerprint density at radius 3 is 2.55 bits per heavy atom. The molecule has 0 aliphatic carbocycles. The first-order chi connectivity index (χ1) is 14.2. The summed E-state index contributed by atoms with van der Waals surface area (Å²) >= 11 is 0. The molecule has 154 valence electrons. The fourth-order valence-corrected chi connectivity index (χ4v) is 2.79. The molecule has 6 nitrogen and oxygen atoms in total. The molecule has 0 aromatic heterocycles. The van der Waals surface area contributed by atoms with Crippen LogP contribution in [0.15, 0.2) is 72.2 Å². The van der Waals surface area contributed by atoms with Gasteiger partial charge < -0.3 is 20.3 Å². The lowest BCUT2D eigenvalue weighted by Crippen LogP contribution is -2.44. The number of amides is 1. The van der Waals surface area contributed by atoms with E-state index in [0.717, 1.165) is 16.9 Å². The molecule has 2 aromatic carbocycles. The highest BCUT2D eigenvalue weighted by molar-refractivity contribution is 5.86. The van der Waals surface area contributed by atoms with E-state index < -0.39 is 0 Å². The number of likely N-dealkylation sites (N-methyl/N-ethyl adjacent to an activating group) is 1. The van der Waals surface area contributed by atoms with Crippen molar-refractivity contribution < 1.29 is 9.53 Å². The smallest absolute Gasteiger partial charge is 0.242 e. The number of ether oxygens (including phenoxy) is 1. The van der Waals surface area contributed by atoms with E-state index in [9.17, 15) is 4.79 Å². The fraction of sp³-hybridized carbons (Fsp3) is 0.304. The van der Waals surface area contributed by atoms with E-state index >= 15 is 0 Å². The van der Waals surface area contributed by atoms with Crippen molar-refractivity contribution in [1.29, 1.82) is 0 Å². The first-order valence-corrected chi connectivity index (χ1v) is 9.75. The van der Waals surface area contributed by atoms with Crippen LogP contribution in [-0.4, -0.2) is 43.5 Å². The Kier molecular flexibility index (Phi) is 9.29. The van der Waals surface area contributed by atoms with Crippen LogP contribution in [0.2, 0.25) is 0 Å². The molecule has 0 spiro atoms. The summed E-state index contributed by atoms with van der Waals surface area (Å²) in [5, 5.41) is 6.32. The molecule has 0 unspecified atom stereocenters. The number of aliphatic imine (C=N–C) groups is 1. The number of nitrogens with one attached hydrogen (secondary N) is 2. The van der Waals surface area contributed by atoms with Gasteiger partial charge in [0.1, 0.15) is 12.4 Å². The maximum Gasteiger partial charge on any atom is 0.242 e. The van der Waals surface area contributed by atoms with Gasteiger partial charge in [0.2, 0.25) is 5.91 Å². The van der Waals surface area contributed by atoms with Crippen LogP contribution in [0.3, 0.4) is 0 Å². The number of para-hydroxylation sites is 1. The molecule has 0 atom stereocenters. The molecule has 0 aliphatic rings. The third-order valence-electron chi connectivity index (χ3n) is 4.36. The van der Waals surface area contributed by atoms with Gasteiger partial charge in [0.15, 0.2) is 5.96 Å². The fourth-order valence-electron chi connectivity index (χ4n) is 2.79. The van der Waals surface area contributed by atoms with Crippen LogP contribution < -0.4 is 15.4 Å². The summed E-state index contributed by atoms with van der Waals surface area (Å²) in [6.45, 7) is 8.06. The van der Waals surface area contributed by atoms with Gasteiger partial charge in [-0.05, 0) is 18.6 Å². The Bertz CT molecular complexity index is 806. The summed E-state index contributed by atoms with van der Waals surface area (Å²) in [5.41, 5.74) is 2.12. The molecule has 29 heavy (non-hydrogen) atoms. The topological polar surface area (TPSA) is 66.0 Å². The molecule has 2 rings (SSSR count). The van der Waals surface area contributed by atoms with E-state index in [2.05, 4.69) is 22.2 Å². The summed E-state index contributed by atoms with van der Waals surface area (Å²) in [6, 6.07) is 17.8. The van der Waals surface area contributed by atoms with E-state index in [1.165, 1.54) is 0 Å². The molecule has 0 radical (unpaired) electrons. The quantitative estimate of drug-likeness (QED) is 0.369. The van der Waals surface area contributed by atoms with Gasteiger partial charge in [0.25, 0.3) is 0 Å². The normalized spacial score (nSPS) is 10.9. The molecule has 0 bridgehead atoms. The van der Waals surface area contributed by atoms with Crippen molar-refractivity contribution in [2.75, 3.05) is 26.7 Å². The lowest BCUT2D eigenvalue weighted by molar-refractivity contribution is -0.130. The van der Waals surface area contributed by atoms with Gasteiger partial charge in [0.05, 0.1) is 6.54 Å². The first kappa shape index (κ1) is 22.0. The van der Waals surface area contributed by atoms with Gasteiger partial charge in [-0.25, -0.2) is 0 Å². The standard InChI is InChI=1S/C23H30N4O2/c1-4-15-29-21-14-10-9-13-20(21)16-25-23(24-3)26-17-22(28)27(5-2)18-19-11-7-6-8-12-19/h4,6-14H,1,5,15-18H2,2-3H3,(H2,24,25,26). The van der Waals surface area contributed by atoms with Crippen LogP contribution in [0.1, 0.15) is 18.1 Å². The van der Waals surface area contributed by atoms with Crippen molar-refractivity contribution in [3.05, 3.63) is 78.4 Å². The Hall–Kier alpha value is -3.28. The molecule has 0 heterocycles. The molecule has 0 saturated heterocycles. The zero-order valence-electron chi connectivity index (χ0n) is 17.2. The Morgan fingerprint density at radius 2 is 1.86 bits per heavy atom. The predicted octanol–water partition coefficient (Wildman–Crippen LogP) is 2.97. The van der Waals surface area contributed by atoms with Gasteiger partial charge in [-0.3, -0.25) is 9.79 Å². The van der Waals surface area contributed by atoms with Gasteiger partial charge in [-0.15, -0.1) is 0 Å². The Balaban J connectivity index is 1.87. The van der Waals surface area contributed by atoms with Gasteiger partial charge >= 0.3 is 0 Å². The number of hydrogen-bond acceptors (Lipinski definition) is 3. The maximum atomic E-state index is 12.6. The second kappa shape index (κ2) is 12.2. The highest BCUT2D eigenvalue weighted by atomic mass is 16.5. The molecular weight excluding hydrogens is 364 g/mol. The summed E-state index contributed by atoms with van der Waals surface area (Å²) in [6.07, 6.45) is 1.71. The van der Waals surface area contributed by atoms with Crippen molar-refractivity contribution in [3.63, 3.8) is 0 Å². The summed E-state index contributed by atoms with van der Waals surface area (Å²) in [4.78, 5) is 18.6. The van der Waals surface area contributed by atoms with E-state index in [1.54, 1.807) is 13.1 Å². The molecule has 1 amide bonds. The van der Waals surface area contributed by atoms with Gasteiger partial charge in [-0.2, -0.15) is 0 Å². The maximum absolute atomic E-state index is 12.6. The highest BCUT2D eigenvalue weighted by Gasteiger charge is 2.13. The second-order valence-electron chi connectivity index (χ2n) is 6.38. The monoisotopic (exact) mass is 394 g/mol. The van der Waals surface area contributed by atoms with Crippen molar-refractivity contribution >= 4 is 11.9 Å². The second-order valence-corrected chi connectivity index (χ2v) is 6.38. The SMILES string of the molecule is C=CCOc1ccccc1CNC(=NC)NCC(=O)N(CC)Cc1ccccc1. The number of guanidine groups is 1. The third kappa shape index (κ3) is 7.33. The number of nitrogens with zero attached hydrogens (tertiary/aromatic N) is 2. The highest BCUT2D eigenvalue weighted by Crippen LogP contribution is 2.17. The van der Waals surface area contributed by atoms with Crippen molar-refractivity contribution in [2.45, 2.75) is 20.0 Å². The summed E-state index contributed by atoms with van der Waals surface area (Å²) in [7, 11) is 1.68. The van der Waals surface area contributed by atoms with Crippen LogP contribution in [0, 0.1) is 0 Å². The lowest BCUT2D eigenvalue weighted by Gasteiger charge is -2.22. The third-order valence-corrected chi connectivity index (χ3v) is 4.36. The van der Waals surface area contributed by atoms with Gasteiger partial charge in [-0.1, -0.05) is 61.2 Å². The average Bonchev–Trinajstić information content (AvgIpc) is 2.77. The van der Waals surface area contributed by atoms with Crippen molar-refractivity contribution in [1.82, 2.24) is 15.5 Å². The Labute approximate surface area is 173 Å². The number of hydrogen-bond donors (Lipinski definition) is 2. The molecule has 2 aromatic rings. The molecule has 0 aliphatic heterocycles. The Morgan fingerprint density at radius 1 is 1.14 bits per heavy atom. The van der Waals surface area contributed by atoms with Crippen LogP contribution in [0.4, 0.5) is 0 Å². The minimum atomic E-state index is 0.0222. The summed E-state index contributed by atoms with van der Waals surface area (Å²) < 4.78 is 5.67. The number of rotatable bonds is 10. The minimum absolute atomic E-state index is 0.0222. The van der Waals surface area contributed by atoms with Crippen LogP contribution >= 0.6 is 0 Å². The lowest BCUT2D eigenvalue weighted by atomic mass is 10.2. The van der Waals surface area contributed by atoms with Gasteiger partial charge in [0, 0.05) is 32.2 Å². The van der Waals surface area contributed by atoms with E-state index in [1.807, 2.05) is 66.4 Å². The molecule has 6 heteroatoms. The zero-order valence-corrected chi connectivity index (χ0v) is 17.2. The number of carbonyl (C=O) groups is 1. The van der Waals surface area contributed by atoms with Crippen molar-refractivity contribution in [3.8, 4) is 5.75 Å². The zero-order chi connectivity index (χ0) is 20.9. The summed E-state index contributed by atoms with van der Waals surface area (Å²) in [5.74, 6) is 1.38. The van der Waals surface area contributed by atoms with Crippen LogP contribution in [0.25, 0.3) is 0 Å². The molecular formula is C23H30N4O2. The van der Waals surface area contributed by atoms with Crippen LogP contribution in [0.5, 0.6) is 5.75 Å². The number of carbonyl (C=O) groups excluding carboxylic acids is 1. The first-order valence-electron chi connectivity index (χ1n) is 9.75. The molecule has 0 fully saturated rings. The van der Waals surface area contributed by atoms with E-state index in [0.29, 0.717) is 32.2 Å². The molecule has 2 N–H and O–H groups in total. The van der Waals surface area contributed by atoms with Crippen LogP contribution in [-0.2, 0) is 17.9 Å². The number of benzene rings is 2.